The monoisotopic (exact) mass is 383 g/mol. The lowest BCUT2D eigenvalue weighted by atomic mass is 9.86. The summed E-state index contributed by atoms with van der Waals surface area (Å²) in [6, 6.07) is 12.3. The molecule has 28 heavy (non-hydrogen) atoms. The van der Waals surface area contributed by atoms with E-state index in [9.17, 15) is 10.2 Å². The molecule has 0 radical (unpaired) electrons. The molecule has 4 unspecified atom stereocenters. The second kappa shape index (κ2) is 8.99. The third-order valence-electron chi connectivity index (χ3n) is 6.14. The van der Waals surface area contributed by atoms with Crippen LogP contribution in [-0.4, -0.2) is 45.0 Å². The normalized spacial score (nSPS) is 27.5. The molecule has 0 spiro atoms. The van der Waals surface area contributed by atoms with Gasteiger partial charge in [-0.3, -0.25) is 0 Å². The molecule has 0 saturated heterocycles. The Hall–Kier alpha value is -2.02. The number of rotatable bonds is 8. The van der Waals surface area contributed by atoms with Crippen molar-refractivity contribution in [3.8, 4) is 5.75 Å². The van der Waals surface area contributed by atoms with E-state index < -0.39 is 6.10 Å². The maximum Gasteiger partial charge on any atom is 0.166 e. The Bertz CT molecular complexity index is 754. The topological polar surface area (TPSA) is 87.5 Å². The highest BCUT2D eigenvalue weighted by Crippen LogP contribution is 2.36. The quantitative estimate of drug-likeness (QED) is 0.647. The van der Waals surface area contributed by atoms with Crippen LogP contribution in [0.25, 0.3) is 0 Å². The third kappa shape index (κ3) is 4.51. The van der Waals surface area contributed by atoms with Crippen LogP contribution in [0.4, 0.5) is 0 Å². The maximum absolute atomic E-state index is 10.4. The van der Waals surface area contributed by atoms with E-state index in [1.807, 2.05) is 36.4 Å². The van der Waals surface area contributed by atoms with Gasteiger partial charge in [0.15, 0.2) is 5.82 Å². The van der Waals surface area contributed by atoms with E-state index in [1.54, 1.807) is 6.20 Å². The van der Waals surface area contributed by atoms with Gasteiger partial charge in [-0.2, -0.15) is 0 Å². The highest BCUT2D eigenvalue weighted by molar-refractivity contribution is 5.21. The third-order valence-corrected chi connectivity index (χ3v) is 6.14. The van der Waals surface area contributed by atoms with Crippen LogP contribution in [0.3, 0.4) is 0 Å². The van der Waals surface area contributed by atoms with Crippen LogP contribution in [0.2, 0.25) is 0 Å². The van der Waals surface area contributed by atoms with Gasteiger partial charge >= 0.3 is 0 Å². The molecule has 2 aliphatic rings. The Morgan fingerprint density at radius 3 is 2.64 bits per heavy atom. The van der Waals surface area contributed by atoms with Crippen molar-refractivity contribution in [2.45, 2.75) is 56.9 Å². The van der Waals surface area contributed by atoms with E-state index in [-0.39, 0.29) is 24.5 Å². The van der Waals surface area contributed by atoms with Gasteiger partial charge < -0.3 is 20.3 Å². The van der Waals surface area contributed by atoms with Crippen LogP contribution in [0, 0.1) is 11.8 Å². The SMILES string of the molecule is OCC1C(O)CC(NC2CCC2)C1Cc1ccnc(COc2ccccc2)n1. The summed E-state index contributed by atoms with van der Waals surface area (Å²) in [4.78, 5) is 8.99. The molecule has 0 bridgehead atoms. The molecule has 6 nitrogen and oxygen atoms in total. The Labute approximate surface area is 166 Å². The number of aliphatic hydroxyl groups is 2. The Morgan fingerprint density at radius 1 is 1.11 bits per heavy atom. The summed E-state index contributed by atoms with van der Waals surface area (Å²) in [7, 11) is 0. The summed E-state index contributed by atoms with van der Waals surface area (Å²) in [5.74, 6) is 1.49. The number of hydrogen-bond donors (Lipinski definition) is 3. The van der Waals surface area contributed by atoms with Crippen LogP contribution in [-0.2, 0) is 13.0 Å². The first-order valence-corrected chi connectivity index (χ1v) is 10.3. The molecular formula is C22H29N3O3. The minimum Gasteiger partial charge on any atom is -0.486 e. The molecule has 0 amide bonds. The minimum atomic E-state index is -0.463. The van der Waals surface area contributed by atoms with Crippen molar-refractivity contribution in [2.75, 3.05) is 6.61 Å². The summed E-state index contributed by atoms with van der Waals surface area (Å²) in [5.41, 5.74) is 0.930. The lowest BCUT2D eigenvalue weighted by Crippen LogP contribution is -2.45. The fourth-order valence-electron chi connectivity index (χ4n) is 4.34. The molecule has 4 rings (SSSR count). The van der Waals surface area contributed by atoms with Gasteiger partial charge in [0.1, 0.15) is 12.4 Å². The molecule has 2 fully saturated rings. The molecule has 3 N–H and O–H groups in total. The summed E-state index contributed by atoms with van der Waals surface area (Å²) >= 11 is 0. The fraction of sp³-hybridized carbons (Fsp3) is 0.545. The van der Waals surface area contributed by atoms with Gasteiger partial charge in [-0.1, -0.05) is 24.6 Å². The van der Waals surface area contributed by atoms with Crippen molar-refractivity contribution >= 4 is 0 Å². The van der Waals surface area contributed by atoms with Gasteiger partial charge in [0.25, 0.3) is 0 Å². The number of nitrogens with one attached hydrogen (secondary N) is 1. The van der Waals surface area contributed by atoms with Crippen LogP contribution in [0.1, 0.15) is 37.2 Å². The molecule has 1 heterocycles. The zero-order chi connectivity index (χ0) is 19.3. The van der Waals surface area contributed by atoms with Crippen molar-refractivity contribution in [3.63, 3.8) is 0 Å². The molecule has 2 aliphatic carbocycles. The number of para-hydroxylation sites is 1. The van der Waals surface area contributed by atoms with E-state index in [0.717, 1.165) is 11.4 Å². The van der Waals surface area contributed by atoms with Gasteiger partial charge in [-0.25, -0.2) is 9.97 Å². The smallest absolute Gasteiger partial charge is 0.166 e. The maximum atomic E-state index is 10.4. The molecule has 150 valence electrons. The fourth-order valence-corrected chi connectivity index (χ4v) is 4.34. The lowest BCUT2D eigenvalue weighted by Gasteiger charge is -2.33. The van der Waals surface area contributed by atoms with E-state index in [2.05, 4.69) is 15.3 Å². The molecule has 1 aromatic heterocycles. The van der Waals surface area contributed by atoms with E-state index >= 15 is 0 Å². The van der Waals surface area contributed by atoms with Crippen molar-refractivity contribution in [1.82, 2.24) is 15.3 Å². The Morgan fingerprint density at radius 2 is 1.93 bits per heavy atom. The molecular weight excluding hydrogens is 354 g/mol. The highest BCUT2D eigenvalue weighted by Gasteiger charge is 2.43. The largest absolute Gasteiger partial charge is 0.486 e. The van der Waals surface area contributed by atoms with E-state index in [0.29, 0.717) is 31.3 Å². The number of ether oxygens (including phenoxy) is 1. The Kier molecular flexibility index (Phi) is 6.20. The number of aliphatic hydroxyl groups excluding tert-OH is 2. The molecule has 2 aromatic rings. The minimum absolute atomic E-state index is 0.00371. The average Bonchev–Trinajstić information content (AvgIpc) is 2.98. The predicted octanol–water partition coefficient (Wildman–Crippen LogP) is 2.10. The van der Waals surface area contributed by atoms with Crippen LogP contribution < -0.4 is 10.1 Å². The second-order valence-electron chi connectivity index (χ2n) is 7.98. The average molecular weight is 383 g/mol. The lowest BCUT2D eigenvalue weighted by molar-refractivity contribution is 0.0714. The zero-order valence-electron chi connectivity index (χ0n) is 16.1. The predicted molar refractivity (Wildman–Crippen MR) is 106 cm³/mol. The van der Waals surface area contributed by atoms with Gasteiger partial charge in [0.2, 0.25) is 0 Å². The van der Waals surface area contributed by atoms with E-state index in [4.69, 9.17) is 4.74 Å². The summed E-state index contributed by atoms with van der Waals surface area (Å²) in [6.45, 7) is 0.321. The first-order chi connectivity index (χ1) is 13.7. The van der Waals surface area contributed by atoms with Crippen molar-refractivity contribution in [1.29, 1.82) is 0 Å². The molecule has 0 aliphatic heterocycles. The van der Waals surface area contributed by atoms with Crippen molar-refractivity contribution in [2.24, 2.45) is 11.8 Å². The summed E-state index contributed by atoms with van der Waals surface area (Å²) in [6.07, 6.45) is 6.40. The van der Waals surface area contributed by atoms with Gasteiger partial charge in [0, 0.05) is 36.5 Å². The number of nitrogens with zero attached hydrogens (tertiary/aromatic N) is 2. The van der Waals surface area contributed by atoms with Crippen molar-refractivity contribution < 1.29 is 14.9 Å². The number of benzene rings is 1. The Balaban J connectivity index is 1.42. The van der Waals surface area contributed by atoms with Crippen LogP contribution >= 0.6 is 0 Å². The second-order valence-corrected chi connectivity index (χ2v) is 7.98. The highest BCUT2D eigenvalue weighted by atomic mass is 16.5. The first-order valence-electron chi connectivity index (χ1n) is 10.3. The standard InChI is InChI=1S/C22H29N3O3/c26-13-19-18(20(12-21(19)27)24-15-5-4-6-15)11-16-9-10-23-22(25-16)14-28-17-7-2-1-3-8-17/h1-3,7-10,15,18-21,24,26-27H,4-6,11-14H2. The van der Waals surface area contributed by atoms with Crippen LogP contribution in [0.15, 0.2) is 42.6 Å². The van der Waals surface area contributed by atoms with E-state index in [1.165, 1.54) is 19.3 Å². The number of hydrogen-bond acceptors (Lipinski definition) is 6. The van der Waals surface area contributed by atoms with Gasteiger partial charge in [0.05, 0.1) is 6.10 Å². The first kappa shape index (κ1) is 19.3. The summed E-state index contributed by atoms with van der Waals surface area (Å²) in [5, 5.41) is 24.0. The summed E-state index contributed by atoms with van der Waals surface area (Å²) < 4.78 is 5.75. The van der Waals surface area contributed by atoms with Crippen molar-refractivity contribution in [3.05, 3.63) is 54.1 Å². The zero-order valence-corrected chi connectivity index (χ0v) is 16.1. The van der Waals surface area contributed by atoms with Gasteiger partial charge in [-0.15, -0.1) is 0 Å². The number of aromatic nitrogens is 2. The molecule has 2 saturated carbocycles. The van der Waals surface area contributed by atoms with Gasteiger partial charge in [-0.05, 0) is 49.8 Å². The molecule has 1 aromatic carbocycles. The molecule has 4 atom stereocenters. The molecule has 6 heteroatoms. The van der Waals surface area contributed by atoms with Crippen LogP contribution in [0.5, 0.6) is 5.75 Å².